The molecule has 1 N–H and O–H groups in total. The lowest BCUT2D eigenvalue weighted by molar-refractivity contribution is -0.115. The number of benzene rings is 3. The minimum absolute atomic E-state index is 0.253. The van der Waals surface area contributed by atoms with Crippen LogP contribution < -0.4 is 5.32 Å². The fourth-order valence-corrected chi connectivity index (χ4v) is 3.92. The SMILES string of the molecule is Cc1cccc(-n2nnnc2S[C@H](C(=O)Nc2ccc(F)cc2)c2ccccc2)c1. The molecule has 4 aromatic rings. The molecule has 1 aromatic heterocycles. The summed E-state index contributed by atoms with van der Waals surface area (Å²) >= 11 is 1.25. The van der Waals surface area contributed by atoms with E-state index in [9.17, 15) is 9.18 Å². The lowest BCUT2D eigenvalue weighted by Crippen LogP contribution is -2.19. The van der Waals surface area contributed by atoms with Crippen LogP contribution in [0.5, 0.6) is 0 Å². The molecule has 0 fully saturated rings. The summed E-state index contributed by atoms with van der Waals surface area (Å²) in [6.07, 6.45) is 0. The number of amides is 1. The van der Waals surface area contributed by atoms with Crippen molar-refractivity contribution in [1.29, 1.82) is 0 Å². The number of carbonyl (C=O) groups excluding carboxylic acids is 1. The van der Waals surface area contributed by atoms with Crippen molar-refractivity contribution in [3.8, 4) is 5.69 Å². The van der Waals surface area contributed by atoms with Gasteiger partial charge in [0.25, 0.3) is 0 Å². The van der Waals surface area contributed by atoms with Crippen molar-refractivity contribution in [2.45, 2.75) is 17.3 Å². The second-order valence-electron chi connectivity index (χ2n) is 6.62. The molecular weight excluding hydrogens is 401 g/mol. The van der Waals surface area contributed by atoms with Crippen molar-refractivity contribution in [3.63, 3.8) is 0 Å². The number of aromatic nitrogens is 4. The first-order valence-corrected chi connectivity index (χ1v) is 10.1. The monoisotopic (exact) mass is 419 g/mol. The van der Waals surface area contributed by atoms with Gasteiger partial charge in [0.1, 0.15) is 11.1 Å². The molecule has 8 heteroatoms. The molecule has 1 amide bonds. The highest BCUT2D eigenvalue weighted by atomic mass is 32.2. The zero-order valence-corrected chi connectivity index (χ0v) is 16.9. The van der Waals surface area contributed by atoms with E-state index in [1.165, 1.54) is 36.0 Å². The number of thioether (sulfide) groups is 1. The van der Waals surface area contributed by atoms with Crippen molar-refractivity contribution >= 4 is 23.4 Å². The van der Waals surface area contributed by atoms with Crippen LogP contribution in [0.25, 0.3) is 5.69 Å². The number of nitrogens with zero attached hydrogens (tertiary/aromatic N) is 4. The highest BCUT2D eigenvalue weighted by Crippen LogP contribution is 2.35. The largest absolute Gasteiger partial charge is 0.325 e. The molecule has 6 nitrogen and oxygen atoms in total. The zero-order chi connectivity index (χ0) is 20.9. The van der Waals surface area contributed by atoms with Crippen LogP contribution >= 0.6 is 11.8 Å². The van der Waals surface area contributed by atoms with E-state index < -0.39 is 5.25 Å². The summed E-state index contributed by atoms with van der Waals surface area (Å²) in [6.45, 7) is 1.99. The molecule has 1 heterocycles. The van der Waals surface area contributed by atoms with E-state index in [1.807, 2.05) is 61.5 Å². The Kier molecular flexibility index (Phi) is 5.85. The molecule has 0 bridgehead atoms. The van der Waals surface area contributed by atoms with Crippen molar-refractivity contribution in [1.82, 2.24) is 20.2 Å². The first kappa shape index (κ1) is 19.8. The Morgan fingerprint density at radius 2 is 1.80 bits per heavy atom. The van der Waals surface area contributed by atoms with Crippen LogP contribution in [-0.4, -0.2) is 26.1 Å². The molecular formula is C22H18FN5OS. The minimum Gasteiger partial charge on any atom is -0.325 e. The molecule has 0 saturated heterocycles. The van der Waals surface area contributed by atoms with E-state index in [4.69, 9.17) is 0 Å². The van der Waals surface area contributed by atoms with Crippen LogP contribution in [0.15, 0.2) is 84.0 Å². The predicted octanol–water partition coefficient (Wildman–Crippen LogP) is 4.58. The van der Waals surface area contributed by atoms with Gasteiger partial charge < -0.3 is 5.32 Å². The maximum absolute atomic E-state index is 13.2. The Morgan fingerprint density at radius 3 is 2.53 bits per heavy atom. The predicted molar refractivity (Wildman–Crippen MR) is 114 cm³/mol. The molecule has 3 aromatic carbocycles. The third-order valence-corrected chi connectivity index (χ3v) is 5.55. The second-order valence-corrected chi connectivity index (χ2v) is 7.69. The number of carbonyl (C=O) groups is 1. The summed E-state index contributed by atoms with van der Waals surface area (Å²) in [5.41, 5.74) is 3.21. The zero-order valence-electron chi connectivity index (χ0n) is 16.1. The molecule has 0 aliphatic rings. The van der Waals surface area contributed by atoms with E-state index in [0.717, 1.165) is 16.8 Å². The van der Waals surface area contributed by atoms with Gasteiger partial charge in [-0.1, -0.05) is 54.2 Å². The van der Waals surface area contributed by atoms with Gasteiger partial charge in [0.15, 0.2) is 0 Å². The molecule has 0 aliphatic carbocycles. The van der Waals surface area contributed by atoms with Gasteiger partial charge >= 0.3 is 0 Å². The number of hydrogen-bond acceptors (Lipinski definition) is 5. The Hall–Kier alpha value is -3.52. The van der Waals surface area contributed by atoms with Crippen LogP contribution in [0.4, 0.5) is 10.1 Å². The Bertz CT molecular complexity index is 1150. The average molecular weight is 419 g/mol. The third-order valence-electron chi connectivity index (χ3n) is 4.36. The van der Waals surface area contributed by atoms with Crippen LogP contribution in [-0.2, 0) is 4.79 Å². The molecule has 0 radical (unpaired) electrons. The standard InChI is InChI=1S/C22H18FN5OS/c1-15-6-5-9-19(14-15)28-22(25-26-27-28)30-20(16-7-3-2-4-8-16)21(29)24-18-12-10-17(23)11-13-18/h2-14,20H,1H3,(H,24,29)/t20-/m0/s1. The molecule has 30 heavy (non-hydrogen) atoms. The number of nitrogens with one attached hydrogen (secondary N) is 1. The van der Waals surface area contributed by atoms with E-state index >= 15 is 0 Å². The fourth-order valence-electron chi connectivity index (χ4n) is 2.92. The maximum Gasteiger partial charge on any atom is 0.242 e. The molecule has 1 atom stereocenters. The molecule has 0 spiro atoms. The first-order chi connectivity index (χ1) is 14.6. The third kappa shape index (κ3) is 4.55. The Balaban J connectivity index is 1.64. The van der Waals surface area contributed by atoms with Gasteiger partial charge in [0, 0.05) is 5.69 Å². The van der Waals surface area contributed by atoms with Gasteiger partial charge in [-0.25, -0.2) is 4.39 Å². The van der Waals surface area contributed by atoms with Gasteiger partial charge in [-0.3, -0.25) is 4.79 Å². The molecule has 4 rings (SSSR count). The number of anilines is 1. The summed E-state index contributed by atoms with van der Waals surface area (Å²) in [4.78, 5) is 13.1. The summed E-state index contributed by atoms with van der Waals surface area (Å²) in [5, 5.41) is 14.7. The Labute approximate surface area is 177 Å². The second kappa shape index (κ2) is 8.87. The van der Waals surface area contributed by atoms with Crippen LogP contribution in [0.3, 0.4) is 0 Å². The fraction of sp³-hybridized carbons (Fsp3) is 0.0909. The van der Waals surface area contributed by atoms with Crippen molar-refractivity contribution in [2.24, 2.45) is 0 Å². The summed E-state index contributed by atoms with van der Waals surface area (Å²) < 4.78 is 14.8. The van der Waals surface area contributed by atoms with Crippen molar-refractivity contribution < 1.29 is 9.18 Å². The maximum atomic E-state index is 13.2. The van der Waals surface area contributed by atoms with E-state index in [1.54, 1.807) is 4.68 Å². The smallest absolute Gasteiger partial charge is 0.242 e. The van der Waals surface area contributed by atoms with Gasteiger partial charge in [-0.05, 0) is 64.9 Å². The van der Waals surface area contributed by atoms with Gasteiger partial charge in [-0.15, -0.1) is 5.10 Å². The quantitative estimate of drug-likeness (QED) is 0.463. The summed E-state index contributed by atoms with van der Waals surface area (Å²) in [6, 6.07) is 22.8. The average Bonchev–Trinajstić information content (AvgIpc) is 3.22. The van der Waals surface area contributed by atoms with E-state index in [2.05, 4.69) is 20.8 Å². The van der Waals surface area contributed by atoms with Crippen LogP contribution in [0, 0.1) is 12.7 Å². The van der Waals surface area contributed by atoms with E-state index in [0.29, 0.717) is 10.8 Å². The molecule has 0 saturated carbocycles. The lowest BCUT2D eigenvalue weighted by Gasteiger charge is -2.16. The van der Waals surface area contributed by atoms with Crippen molar-refractivity contribution in [2.75, 3.05) is 5.32 Å². The topological polar surface area (TPSA) is 72.7 Å². The van der Waals surface area contributed by atoms with Crippen LogP contribution in [0.1, 0.15) is 16.4 Å². The first-order valence-electron chi connectivity index (χ1n) is 9.23. The van der Waals surface area contributed by atoms with Gasteiger partial charge in [-0.2, -0.15) is 4.68 Å². The number of halogens is 1. The minimum atomic E-state index is -0.606. The van der Waals surface area contributed by atoms with Crippen molar-refractivity contribution in [3.05, 3.63) is 95.8 Å². The number of tetrazole rings is 1. The number of rotatable bonds is 6. The highest BCUT2D eigenvalue weighted by Gasteiger charge is 2.25. The summed E-state index contributed by atoms with van der Waals surface area (Å²) in [7, 11) is 0. The highest BCUT2D eigenvalue weighted by molar-refractivity contribution is 8.00. The molecule has 150 valence electrons. The van der Waals surface area contributed by atoms with Crippen LogP contribution in [0.2, 0.25) is 0 Å². The normalized spacial score (nSPS) is 11.8. The summed E-state index contributed by atoms with van der Waals surface area (Å²) in [5.74, 6) is -0.615. The molecule has 0 unspecified atom stereocenters. The molecule has 0 aliphatic heterocycles. The van der Waals surface area contributed by atoms with Gasteiger partial charge in [0.05, 0.1) is 5.69 Å². The lowest BCUT2D eigenvalue weighted by atomic mass is 10.1. The number of aryl methyl sites for hydroxylation is 1. The number of hydrogen-bond donors (Lipinski definition) is 1. The Morgan fingerprint density at radius 1 is 1.03 bits per heavy atom. The van der Waals surface area contributed by atoms with Gasteiger partial charge in [0.2, 0.25) is 11.1 Å². The van der Waals surface area contributed by atoms with E-state index in [-0.39, 0.29) is 11.7 Å².